The summed E-state index contributed by atoms with van der Waals surface area (Å²) in [5.74, 6) is -2.17. The molecule has 2 atom stereocenters. The lowest BCUT2D eigenvalue weighted by Gasteiger charge is -2.34. The number of aliphatic hydroxyl groups is 1. The second-order valence-corrected chi connectivity index (χ2v) is 8.76. The van der Waals surface area contributed by atoms with Crippen molar-refractivity contribution >= 4 is 29.4 Å². The highest BCUT2D eigenvalue weighted by Gasteiger charge is 2.41. The normalized spacial score (nSPS) is 17.5. The molecule has 176 valence electrons. The molecule has 0 bridgehead atoms. The van der Waals surface area contributed by atoms with Crippen LogP contribution in [0.15, 0.2) is 24.3 Å². The van der Waals surface area contributed by atoms with Gasteiger partial charge in [0.05, 0.1) is 13.2 Å². The molecular formula is C22H31N3O7. The third-order valence-corrected chi connectivity index (χ3v) is 4.68. The van der Waals surface area contributed by atoms with Gasteiger partial charge >= 0.3 is 5.97 Å². The molecule has 1 N–H and O–H groups in total. The fraction of sp³-hybridized carbons (Fsp3) is 0.545. The summed E-state index contributed by atoms with van der Waals surface area (Å²) in [5.41, 5.74) is -0.123. The molecule has 32 heavy (non-hydrogen) atoms. The van der Waals surface area contributed by atoms with Gasteiger partial charge in [0.2, 0.25) is 5.91 Å². The first-order chi connectivity index (χ1) is 14.8. The fourth-order valence-electron chi connectivity index (χ4n) is 3.02. The van der Waals surface area contributed by atoms with E-state index < -0.39 is 29.7 Å². The van der Waals surface area contributed by atoms with E-state index in [1.807, 2.05) is 0 Å². The van der Waals surface area contributed by atoms with Crippen LogP contribution >= 0.6 is 0 Å². The molecule has 0 aliphatic carbocycles. The standard InChI is InChI=1S/C22H31N3O7/c1-22(2,3)32-21(30)17(27)18-20(29)25(10-11-31-18)15-9-7-8-14(12-15)19(28)24(6)13-16(26)23(4)5/h7-9,12,17-18,27H,10-11,13H2,1-6H3. The van der Waals surface area contributed by atoms with Crippen LogP contribution in [0, 0.1) is 0 Å². The number of aliphatic hydroxyl groups excluding tert-OH is 1. The van der Waals surface area contributed by atoms with Gasteiger partial charge in [-0.3, -0.25) is 14.4 Å². The summed E-state index contributed by atoms with van der Waals surface area (Å²) < 4.78 is 10.5. The molecule has 0 aromatic heterocycles. The van der Waals surface area contributed by atoms with Gasteiger partial charge in [-0.1, -0.05) is 6.07 Å². The van der Waals surface area contributed by atoms with Crippen molar-refractivity contribution in [3.05, 3.63) is 29.8 Å². The number of carbonyl (C=O) groups is 4. The van der Waals surface area contributed by atoms with E-state index in [1.165, 1.54) is 27.8 Å². The summed E-state index contributed by atoms with van der Waals surface area (Å²) in [4.78, 5) is 53.8. The molecule has 1 heterocycles. The van der Waals surface area contributed by atoms with Gasteiger partial charge < -0.3 is 29.3 Å². The lowest BCUT2D eigenvalue weighted by Crippen LogP contribution is -2.55. The highest BCUT2D eigenvalue weighted by molar-refractivity contribution is 6.02. The molecule has 1 aromatic rings. The maximum absolute atomic E-state index is 13.0. The minimum Gasteiger partial charge on any atom is -0.458 e. The lowest BCUT2D eigenvalue weighted by molar-refractivity contribution is -0.177. The Labute approximate surface area is 187 Å². The molecule has 0 spiro atoms. The largest absolute Gasteiger partial charge is 0.458 e. The van der Waals surface area contributed by atoms with Gasteiger partial charge in [-0.25, -0.2) is 4.79 Å². The van der Waals surface area contributed by atoms with E-state index in [9.17, 15) is 24.3 Å². The summed E-state index contributed by atoms with van der Waals surface area (Å²) in [7, 11) is 4.73. The van der Waals surface area contributed by atoms with Crippen molar-refractivity contribution in [3.8, 4) is 0 Å². The van der Waals surface area contributed by atoms with E-state index in [4.69, 9.17) is 9.47 Å². The van der Waals surface area contributed by atoms with Gasteiger partial charge in [0.1, 0.15) is 5.60 Å². The van der Waals surface area contributed by atoms with Gasteiger partial charge in [-0.15, -0.1) is 0 Å². The summed E-state index contributed by atoms with van der Waals surface area (Å²) >= 11 is 0. The first kappa shape index (κ1) is 25.3. The molecule has 0 radical (unpaired) electrons. The molecule has 0 saturated carbocycles. The van der Waals surface area contributed by atoms with Gasteiger partial charge in [-0.2, -0.15) is 0 Å². The lowest BCUT2D eigenvalue weighted by atomic mass is 10.1. The number of benzene rings is 1. The van der Waals surface area contributed by atoms with E-state index in [0.29, 0.717) is 11.3 Å². The van der Waals surface area contributed by atoms with Crippen LogP contribution in [-0.2, 0) is 23.9 Å². The molecule has 10 nitrogen and oxygen atoms in total. The van der Waals surface area contributed by atoms with E-state index in [-0.39, 0.29) is 31.5 Å². The summed E-state index contributed by atoms with van der Waals surface area (Å²) in [6, 6.07) is 6.37. The molecule has 10 heteroatoms. The number of carbonyl (C=O) groups excluding carboxylic acids is 4. The first-order valence-electron chi connectivity index (χ1n) is 10.2. The van der Waals surface area contributed by atoms with Gasteiger partial charge in [-0.05, 0) is 39.0 Å². The molecule has 1 saturated heterocycles. The van der Waals surface area contributed by atoms with Crippen molar-refractivity contribution in [2.24, 2.45) is 0 Å². The number of morpholine rings is 1. The average molecular weight is 450 g/mol. The minimum atomic E-state index is -1.78. The number of esters is 1. The number of likely N-dealkylation sites (N-methyl/N-ethyl adjacent to an activating group) is 2. The third-order valence-electron chi connectivity index (χ3n) is 4.68. The van der Waals surface area contributed by atoms with Gasteiger partial charge in [0.25, 0.3) is 11.8 Å². The van der Waals surface area contributed by atoms with Crippen LogP contribution in [0.25, 0.3) is 0 Å². The summed E-state index contributed by atoms with van der Waals surface area (Å²) in [5, 5.41) is 10.3. The van der Waals surface area contributed by atoms with Crippen molar-refractivity contribution < 1.29 is 33.8 Å². The molecule has 3 amide bonds. The minimum absolute atomic E-state index is 0.0866. The van der Waals surface area contributed by atoms with Crippen LogP contribution in [0.4, 0.5) is 5.69 Å². The zero-order chi connectivity index (χ0) is 24.2. The summed E-state index contributed by atoms with van der Waals surface area (Å²) in [6.07, 6.45) is -3.20. The maximum Gasteiger partial charge on any atom is 0.338 e. The molecular weight excluding hydrogens is 418 g/mol. The molecule has 1 aromatic carbocycles. The SMILES string of the molecule is CN(C)C(=O)CN(C)C(=O)c1cccc(N2CCOC(C(O)C(=O)OC(C)(C)C)C2=O)c1. The van der Waals surface area contributed by atoms with Crippen LogP contribution < -0.4 is 4.90 Å². The molecule has 1 fully saturated rings. The Hall–Kier alpha value is -2.98. The Morgan fingerprint density at radius 2 is 1.91 bits per heavy atom. The van der Waals surface area contributed by atoms with Crippen molar-refractivity contribution in [2.75, 3.05) is 45.7 Å². The van der Waals surface area contributed by atoms with E-state index in [1.54, 1.807) is 53.1 Å². The predicted molar refractivity (Wildman–Crippen MR) is 116 cm³/mol. The number of amides is 3. The Balaban J connectivity index is 2.18. The molecule has 2 unspecified atom stereocenters. The van der Waals surface area contributed by atoms with Gasteiger partial charge in [0, 0.05) is 38.9 Å². The van der Waals surface area contributed by atoms with E-state index >= 15 is 0 Å². The van der Waals surface area contributed by atoms with Crippen molar-refractivity contribution in [3.63, 3.8) is 0 Å². The zero-order valence-electron chi connectivity index (χ0n) is 19.3. The number of ether oxygens (including phenoxy) is 2. The monoisotopic (exact) mass is 449 g/mol. The van der Waals surface area contributed by atoms with Crippen LogP contribution in [0.1, 0.15) is 31.1 Å². The number of anilines is 1. The van der Waals surface area contributed by atoms with Crippen LogP contribution in [0.5, 0.6) is 0 Å². The first-order valence-corrected chi connectivity index (χ1v) is 10.2. The number of nitrogens with zero attached hydrogens (tertiary/aromatic N) is 3. The fourth-order valence-corrected chi connectivity index (χ4v) is 3.02. The topological polar surface area (TPSA) is 117 Å². The third kappa shape index (κ3) is 6.27. The van der Waals surface area contributed by atoms with Crippen LogP contribution in [-0.4, -0.2) is 97.2 Å². The molecule has 2 rings (SSSR count). The number of hydrogen-bond donors (Lipinski definition) is 1. The highest BCUT2D eigenvalue weighted by Crippen LogP contribution is 2.23. The van der Waals surface area contributed by atoms with Crippen LogP contribution in [0.2, 0.25) is 0 Å². The Morgan fingerprint density at radius 1 is 1.25 bits per heavy atom. The van der Waals surface area contributed by atoms with Crippen molar-refractivity contribution in [1.29, 1.82) is 0 Å². The Bertz CT molecular complexity index is 879. The molecule has 1 aliphatic rings. The zero-order valence-corrected chi connectivity index (χ0v) is 19.3. The quantitative estimate of drug-likeness (QED) is 0.620. The summed E-state index contributed by atoms with van der Waals surface area (Å²) in [6.45, 7) is 5.14. The smallest absolute Gasteiger partial charge is 0.338 e. The van der Waals surface area contributed by atoms with E-state index in [0.717, 1.165) is 0 Å². The second-order valence-electron chi connectivity index (χ2n) is 8.76. The average Bonchev–Trinajstić information content (AvgIpc) is 2.71. The van der Waals surface area contributed by atoms with Crippen LogP contribution in [0.3, 0.4) is 0 Å². The van der Waals surface area contributed by atoms with Crippen molar-refractivity contribution in [1.82, 2.24) is 9.80 Å². The highest BCUT2D eigenvalue weighted by atomic mass is 16.6. The second kappa shape index (κ2) is 10.1. The Morgan fingerprint density at radius 3 is 2.50 bits per heavy atom. The number of hydrogen-bond acceptors (Lipinski definition) is 7. The van der Waals surface area contributed by atoms with Crippen molar-refractivity contribution in [2.45, 2.75) is 38.6 Å². The molecule has 1 aliphatic heterocycles. The predicted octanol–water partition coefficient (Wildman–Crippen LogP) is 0.281. The Kier molecular flexibility index (Phi) is 7.97. The van der Waals surface area contributed by atoms with E-state index in [2.05, 4.69) is 0 Å². The maximum atomic E-state index is 13.0. The van der Waals surface area contributed by atoms with Gasteiger partial charge in [0.15, 0.2) is 12.2 Å². The number of rotatable bonds is 6.